The zero-order chi connectivity index (χ0) is 22.3. The van der Waals surface area contributed by atoms with Crippen LogP contribution in [-0.2, 0) is 15.0 Å². The number of amides is 1. The van der Waals surface area contributed by atoms with Crippen LogP contribution in [-0.4, -0.2) is 21.8 Å². The van der Waals surface area contributed by atoms with Gasteiger partial charge in [-0.2, -0.15) is 0 Å². The van der Waals surface area contributed by atoms with E-state index in [1.165, 1.54) is 16.2 Å². The largest absolute Gasteiger partial charge is 0.507 e. The maximum absolute atomic E-state index is 13.0. The van der Waals surface area contributed by atoms with E-state index in [0.717, 1.165) is 11.1 Å². The third-order valence-corrected chi connectivity index (χ3v) is 6.30. The fourth-order valence-corrected chi connectivity index (χ4v) is 4.40. The van der Waals surface area contributed by atoms with Crippen LogP contribution in [0.2, 0.25) is 5.02 Å². The van der Waals surface area contributed by atoms with Crippen molar-refractivity contribution in [3.05, 3.63) is 87.4 Å². The number of nitrogens with zero attached hydrogens (tertiary/aromatic N) is 2. The van der Waals surface area contributed by atoms with Crippen LogP contribution < -0.4 is 4.90 Å². The molecule has 1 aliphatic rings. The van der Waals surface area contributed by atoms with Gasteiger partial charge >= 0.3 is 5.91 Å². The molecule has 0 saturated carbocycles. The van der Waals surface area contributed by atoms with Gasteiger partial charge in [-0.15, -0.1) is 11.3 Å². The number of aliphatic hydroxyl groups excluding tert-OH is 1. The number of hydrogen-bond acceptors (Lipinski definition) is 5. The number of anilines is 1. The first kappa shape index (κ1) is 21.3. The number of halogens is 1. The van der Waals surface area contributed by atoms with E-state index in [2.05, 4.69) is 25.8 Å². The molecule has 1 aromatic heterocycles. The van der Waals surface area contributed by atoms with E-state index in [4.69, 9.17) is 11.6 Å². The molecular weight excluding hydrogens is 432 g/mol. The number of carbonyl (C=O) groups is 2. The van der Waals surface area contributed by atoms with E-state index in [1.54, 1.807) is 35.8 Å². The van der Waals surface area contributed by atoms with Crippen molar-refractivity contribution >= 4 is 45.5 Å². The molecule has 158 valence electrons. The Labute approximate surface area is 189 Å². The van der Waals surface area contributed by atoms with Gasteiger partial charge in [0.25, 0.3) is 5.78 Å². The second-order valence-corrected chi connectivity index (χ2v) is 9.67. The van der Waals surface area contributed by atoms with Crippen molar-refractivity contribution < 1.29 is 14.7 Å². The Bertz CT molecular complexity index is 1160. The van der Waals surface area contributed by atoms with Crippen LogP contribution in [0.4, 0.5) is 5.13 Å². The molecule has 1 N–H and O–H groups in total. The topological polar surface area (TPSA) is 70.5 Å². The highest BCUT2D eigenvalue weighted by molar-refractivity contribution is 7.14. The van der Waals surface area contributed by atoms with Gasteiger partial charge in [0.1, 0.15) is 5.76 Å². The number of thiazole rings is 1. The third kappa shape index (κ3) is 3.89. The first-order valence-electron chi connectivity index (χ1n) is 9.75. The van der Waals surface area contributed by atoms with Gasteiger partial charge in [0, 0.05) is 22.2 Å². The number of Topliss-reactive ketones (excluding diaryl/α,β-unsaturated/α-hetero) is 1. The second-order valence-electron chi connectivity index (χ2n) is 8.36. The highest BCUT2D eigenvalue weighted by Crippen LogP contribution is 2.43. The average molecular weight is 453 g/mol. The molecule has 1 unspecified atom stereocenters. The molecule has 3 aromatic rings. The van der Waals surface area contributed by atoms with Crippen LogP contribution in [0.5, 0.6) is 0 Å². The lowest BCUT2D eigenvalue weighted by Crippen LogP contribution is -2.29. The van der Waals surface area contributed by atoms with Crippen LogP contribution in [0.15, 0.2) is 65.7 Å². The highest BCUT2D eigenvalue weighted by atomic mass is 35.5. The molecule has 5 nitrogen and oxygen atoms in total. The summed E-state index contributed by atoms with van der Waals surface area (Å²) in [7, 11) is 0. The maximum Gasteiger partial charge on any atom is 0.301 e. The van der Waals surface area contributed by atoms with E-state index in [0.29, 0.717) is 15.7 Å². The number of aliphatic hydroxyl groups is 1. The molecule has 0 spiro atoms. The molecule has 1 fully saturated rings. The smallest absolute Gasteiger partial charge is 0.301 e. The van der Waals surface area contributed by atoms with Crippen molar-refractivity contribution in [1.29, 1.82) is 0 Å². The zero-order valence-electron chi connectivity index (χ0n) is 17.3. The van der Waals surface area contributed by atoms with Crippen LogP contribution in [0.1, 0.15) is 43.5 Å². The second kappa shape index (κ2) is 7.94. The van der Waals surface area contributed by atoms with Crippen molar-refractivity contribution in [2.75, 3.05) is 4.90 Å². The Morgan fingerprint density at radius 3 is 2.26 bits per heavy atom. The Morgan fingerprint density at radius 1 is 1.06 bits per heavy atom. The maximum atomic E-state index is 13.0. The van der Waals surface area contributed by atoms with Crippen LogP contribution >= 0.6 is 22.9 Å². The molecule has 0 aliphatic carbocycles. The Hall–Kier alpha value is -2.96. The van der Waals surface area contributed by atoms with Crippen LogP contribution in [0, 0.1) is 0 Å². The highest BCUT2D eigenvalue weighted by Gasteiger charge is 2.48. The summed E-state index contributed by atoms with van der Waals surface area (Å²) in [6, 6.07) is 13.5. The number of rotatable bonds is 3. The number of hydrogen-bond donors (Lipinski definition) is 1. The van der Waals surface area contributed by atoms with Crippen molar-refractivity contribution in [3.8, 4) is 0 Å². The van der Waals surface area contributed by atoms with Gasteiger partial charge < -0.3 is 5.11 Å². The Balaban J connectivity index is 1.90. The summed E-state index contributed by atoms with van der Waals surface area (Å²) in [5.41, 5.74) is 2.25. The van der Waals surface area contributed by atoms with Gasteiger partial charge in [-0.3, -0.25) is 14.5 Å². The monoisotopic (exact) mass is 452 g/mol. The minimum Gasteiger partial charge on any atom is -0.507 e. The lowest BCUT2D eigenvalue weighted by atomic mass is 9.85. The SMILES string of the molecule is CC(C)(C)c1ccc(C2/C(=C(\O)c3ccc(Cl)cc3)C(=O)C(=O)N2c2nccs2)cc1. The lowest BCUT2D eigenvalue weighted by molar-refractivity contribution is -0.132. The zero-order valence-corrected chi connectivity index (χ0v) is 18.9. The Morgan fingerprint density at radius 2 is 1.71 bits per heavy atom. The molecule has 1 amide bonds. The molecule has 7 heteroatoms. The van der Waals surface area contributed by atoms with Crippen molar-refractivity contribution in [2.24, 2.45) is 0 Å². The summed E-state index contributed by atoms with van der Waals surface area (Å²) in [5, 5.41) is 13.7. The normalized spacial score (nSPS) is 18.6. The van der Waals surface area contributed by atoms with E-state index >= 15 is 0 Å². The molecule has 31 heavy (non-hydrogen) atoms. The molecule has 2 heterocycles. The fourth-order valence-electron chi connectivity index (χ4n) is 3.61. The van der Waals surface area contributed by atoms with Gasteiger partial charge in [-0.1, -0.05) is 56.6 Å². The third-order valence-electron chi connectivity index (χ3n) is 5.28. The predicted molar refractivity (Wildman–Crippen MR) is 123 cm³/mol. The van der Waals surface area contributed by atoms with E-state index in [1.807, 2.05) is 24.3 Å². The lowest BCUT2D eigenvalue weighted by Gasteiger charge is -2.24. The van der Waals surface area contributed by atoms with Gasteiger partial charge in [-0.25, -0.2) is 4.98 Å². The molecule has 1 aliphatic heterocycles. The van der Waals surface area contributed by atoms with Gasteiger partial charge in [-0.05, 0) is 40.8 Å². The van der Waals surface area contributed by atoms with Gasteiger partial charge in [0.2, 0.25) is 0 Å². The minimum absolute atomic E-state index is 0.0334. The summed E-state index contributed by atoms with van der Waals surface area (Å²) in [6.07, 6.45) is 1.58. The summed E-state index contributed by atoms with van der Waals surface area (Å²) in [6.45, 7) is 6.35. The molecular formula is C24H21ClN2O3S. The minimum atomic E-state index is -0.782. The summed E-state index contributed by atoms with van der Waals surface area (Å²) in [5.74, 6) is -1.69. The predicted octanol–water partition coefficient (Wildman–Crippen LogP) is 5.72. The van der Waals surface area contributed by atoms with Crippen molar-refractivity contribution in [2.45, 2.75) is 32.2 Å². The van der Waals surface area contributed by atoms with E-state index in [-0.39, 0.29) is 16.7 Å². The summed E-state index contributed by atoms with van der Waals surface area (Å²) in [4.78, 5) is 31.6. The Kier molecular flexibility index (Phi) is 5.45. The molecule has 0 radical (unpaired) electrons. The van der Waals surface area contributed by atoms with Crippen LogP contribution in [0.3, 0.4) is 0 Å². The molecule has 1 atom stereocenters. The van der Waals surface area contributed by atoms with Crippen molar-refractivity contribution in [3.63, 3.8) is 0 Å². The molecule has 0 bridgehead atoms. The first-order chi connectivity index (χ1) is 14.7. The number of aromatic nitrogens is 1. The molecule has 1 saturated heterocycles. The fraction of sp³-hybridized carbons (Fsp3) is 0.208. The van der Waals surface area contributed by atoms with Crippen molar-refractivity contribution in [1.82, 2.24) is 4.98 Å². The van der Waals surface area contributed by atoms with E-state index in [9.17, 15) is 14.7 Å². The van der Waals surface area contributed by atoms with Gasteiger partial charge in [0.15, 0.2) is 5.13 Å². The first-order valence-corrected chi connectivity index (χ1v) is 11.0. The molecule has 4 rings (SSSR count). The average Bonchev–Trinajstić information content (AvgIpc) is 3.34. The van der Waals surface area contributed by atoms with Crippen LogP contribution in [0.25, 0.3) is 5.76 Å². The number of carbonyl (C=O) groups excluding carboxylic acids is 2. The standard InChI is InChI=1S/C24H21ClN2O3S/c1-24(2,3)16-8-4-14(5-9-16)19-18(20(28)15-6-10-17(25)11-7-15)21(29)22(30)27(19)23-26-12-13-31-23/h4-13,19,28H,1-3H3/b20-18+. The van der Waals surface area contributed by atoms with E-state index < -0.39 is 17.7 Å². The summed E-state index contributed by atoms with van der Waals surface area (Å²) >= 11 is 7.22. The van der Waals surface area contributed by atoms with Gasteiger partial charge in [0.05, 0.1) is 11.6 Å². The number of benzene rings is 2. The summed E-state index contributed by atoms with van der Waals surface area (Å²) < 4.78 is 0. The number of ketones is 1. The molecule has 2 aromatic carbocycles. The quantitative estimate of drug-likeness (QED) is 0.313.